The van der Waals surface area contributed by atoms with Gasteiger partial charge in [-0.15, -0.1) is 11.3 Å². The minimum absolute atomic E-state index is 0.651. The monoisotopic (exact) mass is 288 g/mol. The van der Waals surface area contributed by atoms with Crippen molar-refractivity contribution in [2.45, 2.75) is 9.79 Å². The highest BCUT2D eigenvalue weighted by Crippen LogP contribution is 2.36. The van der Waals surface area contributed by atoms with Gasteiger partial charge in [-0.25, -0.2) is 0 Å². The van der Waals surface area contributed by atoms with Crippen LogP contribution in [0.2, 0.25) is 10.0 Å². The summed E-state index contributed by atoms with van der Waals surface area (Å²) in [5.74, 6) is 0. The van der Waals surface area contributed by atoms with Crippen LogP contribution >= 0.6 is 46.3 Å². The zero-order valence-corrected chi connectivity index (χ0v) is 11.1. The summed E-state index contributed by atoms with van der Waals surface area (Å²) in [6.07, 6.45) is 0.842. The van der Waals surface area contributed by atoms with Crippen LogP contribution in [0, 0.1) is 0 Å². The highest BCUT2D eigenvalue weighted by Gasteiger charge is 2.05. The van der Waals surface area contributed by atoms with E-state index in [0.717, 1.165) is 16.1 Å². The molecule has 0 radical (unpaired) electrons. The summed E-state index contributed by atoms with van der Waals surface area (Å²) in [7, 11) is 0. The summed E-state index contributed by atoms with van der Waals surface area (Å²) in [5.41, 5.74) is 0. The molecule has 1 nitrogen and oxygen atoms in total. The van der Waals surface area contributed by atoms with Crippen molar-refractivity contribution in [1.82, 2.24) is 0 Å². The van der Waals surface area contributed by atoms with Gasteiger partial charge in [-0.1, -0.05) is 35.0 Å². The molecular weight excluding hydrogens is 283 g/mol. The van der Waals surface area contributed by atoms with Crippen molar-refractivity contribution in [3.63, 3.8) is 0 Å². The number of hydrogen-bond donors (Lipinski definition) is 0. The Hall–Kier alpha value is -0.480. The van der Waals surface area contributed by atoms with Crippen LogP contribution in [0.25, 0.3) is 0 Å². The van der Waals surface area contributed by atoms with Crippen molar-refractivity contribution < 1.29 is 4.79 Å². The molecule has 16 heavy (non-hydrogen) atoms. The number of aldehydes is 1. The summed E-state index contributed by atoms with van der Waals surface area (Å²) < 4.78 is 0. The first-order valence-electron chi connectivity index (χ1n) is 4.35. The lowest BCUT2D eigenvalue weighted by molar-refractivity contribution is 0.112. The molecule has 0 unspecified atom stereocenters. The van der Waals surface area contributed by atoms with Crippen LogP contribution in [0.5, 0.6) is 0 Å². The number of halogens is 2. The second-order valence-corrected chi connectivity index (χ2v) is 5.88. The van der Waals surface area contributed by atoms with Gasteiger partial charge in [0.15, 0.2) is 6.29 Å². The number of thiophene rings is 1. The summed E-state index contributed by atoms with van der Waals surface area (Å²) in [6, 6.07) is 7.16. The maximum absolute atomic E-state index is 10.5. The summed E-state index contributed by atoms with van der Waals surface area (Å²) in [4.78, 5) is 13.1. The Morgan fingerprint density at radius 2 is 2.06 bits per heavy atom. The first kappa shape index (κ1) is 12.0. The van der Waals surface area contributed by atoms with Crippen molar-refractivity contribution >= 4 is 52.6 Å². The van der Waals surface area contributed by atoms with Gasteiger partial charge in [-0.05, 0) is 24.3 Å². The second kappa shape index (κ2) is 5.23. The fraction of sp³-hybridized carbons (Fsp3) is 0. The largest absolute Gasteiger partial charge is 0.297 e. The van der Waals surface area contributed by atoms with E-state index < -0.39 is 0 Å². The van der Waals surface area contributed by atoms with Gasteiger partial charge in [-0.3, -0.25) is 4.79 Å². The van der Waals surface area contributed by atoms with Crippen molar-refractivity contribution in [3.8, 4) is 0 Å². The molecule has 0 aliphatic rings. The smallest absolute Gasteiger partial charge is 0.160 e. The molecule has 0 aliphatic carbocycles. The highest BCUT2D eigenvalue weighted by molar-refractivity contribution is 7.99. The molecule has 0 N–H and O–H groups in total. The van der Waals surface area contributed by atoms with Gasteiger partial charge < -0.3 is 0 Å². The molecule has 2 aromatic rings. The molecule has 0 amide bonds. The van der Waals surface area contributed by atoms with Crippen LogP contribution in [0.3, 0.4) is 0 Å². The minimum atomic E-state index is 0.651. The topological polar surface area (TPSA) is 17.1 Å². The van der Waals surface area contributed by atoms with Crippen LogP contribution in [0.15, 0.2) is 39.4 Å². The molecule has 2 rings (SSSR count). The highest BCUT2D eigenvalue weighted by atomic mass is 35.5. The third-order valence-corrected chi connectivity index (χ3v) is 4.55. The normalized spacial score (nSPS) is 10.4. The zero-order valence-electron chi connectivity index (χ0n) is 7.94. The molecule has 0 atom stereocenters. The molecule has 1 aromatic carbocycles. The summed E-state index contributed by atoms with van der Waals surface area (Å²) in [5, 5.41) is 3.23. The number of benzene rings is 1. The average molecular weight is 289 g/mol. The van der Waals surface area contributed by atoms with E-state index in [2.05, 4.69) is 0 Å². The molecule has 0 aliphatic heterocycles. The maximum atomic E-state index is 10.5. The van der Waals surface area contributed by atoms with Crippen molar-refractivity contribution in [3.05, 3.63) is 44.6 Å². The lowest BCUT2D eigenvalue weighted by Crippen LogP contribution is -1.74. The van der Waals surface area contributed by atoms with E-state index in [0.29, 0.717) is 14.9 Å². The number of hydrogen-bond acceptors (Lipinski definition) is 3. The Morgan fingerprint density at radius 1 is 1.25 bits per heavy atom. The predicted octanol–water partition coefficient (Wildman–Crippen LogP) is 5.02. The van der Waals surface area contributed by atoms with E-state index in [1.54, 1.807) is 12.1 Å². The number of carbonyl (C=O) groups excluding carboxylic acids is 1. The van der Waals surface area contributed by atoms with E-state index in [1.165, 1.54) is 23.1 Å². The van der Waals surface area contributed by atoms with E-state index in [1.807, 2.05) is 17.5 Å². The van der Waals surface area contributed by atoms with E-state index in [-0.39, 0.29) is 0 Å². The number of rotatable bonds is 3. The van der Waals surface area contributed by atoms with Gasteiger partial charge in [0.2, 0.25) is 0 Å². The third-order valence-electron chi connectivity index (χ3n) is 1.83. The molecule has 1 aromatic heterocycles. The average Bonchev–Trinajstić information content (AvgIpc) is 2.71. The van der Waals surface area contributed by atoms with Crippen LogP contribution in [-0.2, 0) is 0 Å². The molecule has 1 heterocycles. The van der Waals surface area contributed by atoms with Crippen LogP contribution in [0.1, 0.15) is 9.67 Å². The van der Waals surface area contributed by atoms with Crippen LogP contribution in [0.4, 0.5) is 0 Å². The third kappa shape index (κ3) is 2.80. The summed E-state index contributed by atoms with van der Waals surface area (Å²) >= 11 is 14.8. The first-order chi connectivity index (χ1) is 7.69. The van der Waals surface area contributed by atoms with Gasteiger partial charge in [0, 0.05) is 20.2 Å². The molecule has 0 saturated carbocycles. The van der Waals surface area contributed by atoms with Gasteiger partial charge in [0.05, 0.1) is 9.90 Å². The second-order valence-electron chi connectivity index (χ2n) is 2.98. The van der Waals surface area contributed by atoms with Crippen molar-refractivity contribution in [2.24, 2.45) is 0 Å². The van der Waals surface area contributed by atoms with Crippen LogP contribution in [-0.4, -0.2) is 6.29 Å². The van der Waals surface area contributed by atoms with Crippen molar-refractivity contribution in [2.75, 3.05) is 0 Å². The molecular formula is C11H6Cl2OS2. The van der Waals surface area contributed by atoms with E-state index in [4.69, 9.17) is 23.2 Å². The molecule has 82 valence electrons. The quantitative estimate of drug-likeness (QED) is 0.738. The lowest BCUT2D eigenvalue weighted by Gasteiger charge is -2.02. The van der Waals surface area contributed by atoms with E-state index >= 15 is 0 Å². The first-order valence-corrected chi connectivity index (χ1v) is 6.81. The zero-order chi connectivity index (χ0) is 11.5. The molecule has 0 bridgehead atoms. The standard InChI is InChI=1S/C11H6Cl2OS2/c12-7-1-2-10(13)11(3-7)16-9-4-8(5-14)15-6-9/h1-6H. The Kier molecular flexibility index (Phi) is 3.92. The van der Waals surface area contributed by atoms with Gasteiger partial charge in [-0.2, -0.15) is 0 Å². The fourth-order valence-corrected chi connectivity index (χ4v) is 3.38. The number of carbonyl (C=O) groups is 1. The molecule has 5 heteroatoms. The van der Waals surface area contributed by atoms with Gasteiger partial charge in [0.25, 0.3) is 0 Å². The lowest BCUT2D eigenvalue weighted by atomic mass is 10.4. The Labute approximate surface area is 111 Å². The molecule has 0 fully saturated rings. The van der Waals surface area contributed by atoms with Gasteiger partial charge in [0.1, 0.15) is 0 Å². The Morgan fingerprint density at radius 3 is 2.75 bits per heavy atom. The Bertz CT molecular complexity index is 522. The fourth-order valence-electron chi connectivity index (χ4n) is 1.13. The Balaban J connectivity index is 2.26. The van der Waals surface area contributed by atoms with Crippen LogP contribution < -0.4 is 0 Å². The SMILES string of the molecule is O=Cc1cc(Sc2cc(Cl)ccc2Cl)cs1. The maximum Gasteiger partial charge on any atom is 0.160 e. The van der Waals surface area contributed by atoms with Crippen molar-refractivity contribution in [1.29, 1.82) is 0 Å². The van der Waals surface area contributed by atoms with Gasteiger partial charge >= 0.3 is 0 Å². The van der Waals surface area contributed by atoms with E-state index in [9.17, 15) is 4.79 Å². The summed E-state index contributed by atoms with van der Waals surface area (Å²) in [6.45, 7) is 0. The minimum Gasteiger partial charge on any atom is -0.297 e. The molecule has 0 spiro atoms. The predicted molar refractivity (Wildman–Crippen MR) is 70.3 cm³/mol. The molecule has 0 saturated heterocycles.